The fourth-order valence-electron chi connectivity index (χ4n) is 3.14. The monoisotopic (exact) mass is 235 g/mol. The third-order valence-electron chi connectivity index (χ3n) is 4.14. The molecule has 0 aromatic carbocycles. The summed E-state index contributed by atoms with van der Waals surface area (Å²) in [5, 5.41) is 6.65. The first-order valence-electron chi connectivity index (χ1n) is 6.89. The molecule has 2 heterocycles. The van der Waals surface area contributed by atoms with E-state index in [-0.39, 0.29) is 5.56 Å². The molecule has 0 atom stereocenters. The van der Waals surface area contributed by atoms with Gasteiger partial charge in [0.1, 0.15) is 0 Å². The number of aromatic amines is 1. The number of hydrogen-bond acceptors (Lipinski definition) is 2. The fourth-order valence-corrected chi connectivity index (χ4v) is 3.14. The third-order valence-corrected chi connectivity index (χ3v) is 4.14. The van der Waals surface area contributed by atoms with Gasteiger partial charge in [0.2, 0.25) is 0 Å². The minimum Gasteiger partial charge on any atom is -0.311 e. The van der Waals surface area contributed by atoms with E-state index >= 15 is 0 Å². The van der Waals surface area contributed by atoms with Gasteiger partial charge in [0.25, 0.3) is 5.56 Å². The minimum atomic E-state index is 0.244. The number of nitrogens with one attached hydrogen (secondary N) is 2. The van der Waals surface area contributed by atoms with Crippen molar-refractivity contribution in [2.24, 2.45) is 0 Å². The van der Waals surface area contributed by atoms with Crippen molar-refractivity contribution in [3.05, 3.63) is 21.6 Å². The molecule has 2 aliphatic rings. The normalized spacial score (nSPS) is 22.1. The number of fused-ring (bicyclic) bond motifs is 1. The van der Waals surface area contributed by atoms with E-state index in [0.29, 0.717) is 6.04 Å². The van der Waals surface area contributed by atoms with Gasteiger partial charge in [-0.05, 0) is 25.8 Å². The van der Waals surface area contributed by atoms with Crippen LogP contribution >= 0.6 is 0 Å². The summed E-state index contributed by atoms with van der Waals surface area (Å²) in [5.41, 5.74) is 2.38. The second-order valence-electron chi connectivity index (χ2n) is 5.32. The van der Waals surface area contributed by atoms with Crippen LogP contribution in [0.2, 0.25) is 0 Å². The molecule has 4 heteroatoms. The molecular weight excluding hydrogens is 214 g/mol. The van der Waals surface area contributed by atoms with E-state index in [0.717, 1.165) is 43.6 Å². The summed E-state index contributed by atoms with van der Waals surface area (Å²) >= 11 is 0. The van der Waals surface area contributed by atoms with Crippen molar-refractivity contribution in [2.45, 2.75) is 57.5 Å². The van der Waals surface area contributed by atoms with Gasteiger partial charge in [0.15, 0.2) is 0 Å². The molecule has 0 amide bonds. The molecule has 1 aromatic rings. The van der Waals surface area contributed by atoms with Crippen LogP contribution in [0.3, 0.4) is 0 Å². The van der Waals surface area contributed by atoms with E-state index in [1.165, 1.54) is 25.7 Å². The zero-order valence-electron chi connectivity index (χ0n) is 10.3. The molecule has 1 aliphatic heterocycles. The van der Waals surface area contributed by atoms with Gasteiger partial charge in [0, 0.05) is 12.1 Å². The molecule has 1 saturated carbocycles. The Morgan fingerprint density at radius 3 is 2.59 bits per heavy atom. The van der Waals surface area contributed by atoms with Crippen molar-refractivity contribution in [3.63, 3.8) is 0 Å². The first-order chi connectivity index (χ1) is 8.36. The average Bonchev–Trinajstić information content (AvgIpc) is 2.57. The number of aromatic nitrogens is 2. The molecule has 1 aliphatic carbocycles. The number of rotatable bonds is 1. The lowest BCUT2D eigenvalue weighted by Gasteiger charge is -2.14. The van der Waals surface area contributed by atoms with E-state index in [2.05, 4.69) is 10.4 Å². The molecule has 4 nitrogen and oxygen atoms in total. The zero-order valence-corrected chi connectivity index (χ0v) is 10.3. The Kier molecular flexibility index (Phi) is 3.05. The van der Waals surface area contributed by atoms with Gasteiger partial charge in [-0.25, -0.2) is 4.68 Å². The van der Waals surface area contributed by atoms with E-state index < -0.39 is 0 Å². The van der Waals surface area contributed by atoms with Gasteiger partial charge in [-0.3, -0.25) is 9.89 Å². The molecular formula is C13H21N3O. The lowest BCUT2D eigenvalue weighted by molar-refractivity contribution is 0.393. The number of hydrogen-bond donors (Lipinski definition) is 2. The average molecular weight is 235 g/mol. The highest BCUT2D eigenvalue weighted by Crippen LogP contribution is 2.26. The summed E-state index contributed by atoms with van der Waals surface area (Å²) in [6.45, 7) is 1.76. The topological polar surface area (TPSA) is 49.8 Å². The summed E-state index contributed by atoms with van der Waals surface area (Å²) in [6.07, 6.45) is 8.38. The molecule has 3 rings (SSSR count). The zero-order chi connectivity index (χ0) is 11.7. The van der Waals surface area contributed by atoms with Crippen molar-refractivity contribution in [2.75, 3.05) is 6.54 Å². The summed E-state index contributed by atoms with van der Waals surface area (Å²) in [4.78, 5) is 12.3. The van der Waals surface area contributed by atoms with E-state index in [4.69, 9.17) is 0 Å². The first-order valence-corrected chi connectivity index (χ1v) is 6.89. The molecule has 17 heavy (non-hydrogen) atoms. The van der Waals surface area contributed by atoms with Crippen LogP contribution < -0.4 is 10.9 Å². The Morgan fingerprint density at radius 2 is 1.88 bits per heavy atom. The van der Waals surface area contributed by atoms with Crippen LogP contribution in [0.5, 0.6) is 0 Å². The van der Waals surface area contributed by atoms with Gasteiger partial charge < -0.3 is 5.32 Å². The smallest absolute Gasteiger partial charge is 0.270 e. The molecule has 0 bridgehead atoms. The van der Waals surface area contributed by atoms with Crippen LogP contribution in [0.1, 0.15) is 55.8 Å². The Balaban J connectivity index is 1.91. The Labute approximate surface area is 101 Å². The fraction of sp³-hybridized carbons (Fsp3) is 0.769. The van der Waals surface area contributed by atoms with Crippen molar-refractivity contribution in [3.8, 4) is 0 Å². The van der Waals surface area contributed by atoms with Crippen LogP contribution in [-0.2, 0) is 13.0 Å². The predicted molar refractivity (Wildman–Crippen MR) is 67.2 cm³/mol. The molecule has 94 valence electrons. The SMILES string of the molecule is O=c1c2c([nH]n1C1CCCCCC1)CNCC2. The maximum absolute atomic E-state index is 12.3. The molecule has 1 fully saturated rings. The van der Waals surface area contributed by atoms with Crippen molar-refractivity contribution in [1.29, 1.82) is 0 Å². The van der Waals surface area contributed by atoms with Gasteiger partial charge >= 0.3 is 0 Å². The lowest BCUT2D eigenvalue weighted by Crippen LogP contribution is -2.27. The van der Waals surface area contributed by atoms with Crippen molar-refractivity contribution in [1.82, 2.24) is 15.1 Å². The Bertz CT molecular complexity index is 438. The molecule has 2 N–H and O–H groups in total. The van der Waals surface area contributed by atoms with Crippen LogP contribution in [0.25, 0.3) is 0 Å². The minimum absolute atomic E-state index is 0.244. The second-order valence-corrected chi connectivity index (χ2v) is 5.32. The standard InChI is InChI=1S/C13H21N3O/c17-13-11-7-8-14-9-12(11)15-16(13)10-5-3-1-2-4-6-10/h10,14-15H,1-9H2. The van der Waals surface area contributed by atoms with E-state index in [1.807, 2.05) is 4.68 Å². The van der Waals surface area contributed by atoms with Crippen molar-refractivity contribution >= 4 is 0 Å². The molecule has 0 saturated heterocycles. The quantitative estimate of drug-likeness (QED) is 0.728. The Morgan fingerprint density at radius 1 is 1.12 bits per heavy atom. The van der Waals surface area contributed by atoms with Gasteiger partial charge in [-0.2, -0.15) is 0 Å². The molecule has 0 spiro atoms. The third kappa shape index (κ3) is 2.06. The second kappa shape index (κ2) is 4.69. The highest BCUT2D eigenvalue weighted by atomic mass is 16.1. The highest BCUT2D eigenvalue weighted by Gasteiger charge is 2.22. The largest absolute Gasteiger partial charge is 0.311 e. The van der Waals surface area contributed by atoms with Crippen LogP contribution in [0, 0.1) is 0 Å². The molecule has 0 radical (unpaired) electrons. The predicted octanol–water partition coefficient (Wildman–Crippen LogP) is 1.72. The maximum atomic E-state index is 12.3. The first kappa shape index (κ1) is 11.1. The van der Waals surface area contributed by atoms with E-state index in [1.54, 1.807) is 0 Å². The molecule has 1 aromatic heterocycles. The van der Waals surface area contributed by atoms with Crippen LogP contribution in [-0.4, -0.2) is 16.3 Å². The van der Waals surface area contributed by atoms with Crippen LogP contribution in [0.4, 0.5) is 0 Å². The Hall–Kier alpha value is -1.03. The summed E-state index contributed by atoms with van der Waals surface area (Å²) < 4.78 is 1.92. The van der Waals surface area contributed by atoms with Gasteiger partial charge in [0.05, 0.1) is 11.7 Å². The van der Waals surface area contributed by atoms with Gasteiger partial charge in [-0.1, -0.05) is 25.7 Å². The molecule has 0 unspecified atom stereocenters. The highest BCUT2D eigenvalue weighted by molar-refractivity contribution is 5.20. The van der Waals surface area contributed by atoms with Crippen molar-refractivity contribution < 1.29 is 0 Å². The van der Waals surface area contributed by atoms with Crippen LogP contribution in [0.15, 0.2) is 4.79 Å². The maximum Gasteiger partial charge on any atom is 0.270 e. The summed E-state index contributed by atoms with van der Waals surface area (Å²) in [7, 11) is 0. The van der Waals surface area contributed by atoms with Gasteiger partial charge in [-0.15, -0.1) is 0 Å². The number of nitrogens with zero attached hydrogens (tertiary/aromatic N) is 1. The van der Waals surface area contributed by atoms with E-state index in [9.17, 15) is 4.79 Å². The number of H-pyrrole nitrogens is 1. The summed E-state index contributed by atoms with van der Waals surface area (Å²) in [6, 6.07) is 0.413. The lowest BCUT2D eigenvalue weighted by atomic mass is 10.1. The summed E-state index contributed by atoms with van der Waals surface area (Å²) in [5.74, 6) is 0.